The number of aromatic nitrogens is 5. The molecule has 116 valence electrons. The number of nitriles is 1. The normalized spacial score (nSPS) is 17.7. The molecular formula is C16H17N7. The van der Waals surface area contributed by atoms with E-state index in [4.69, 9.17) is 5.26 Å². The van der Waals surface area contributed by atoms with Gasteiger partial charge in [0.1, 0.15) is 12.1 Å². The van der Waals surface area contributed by atoms with Crippen molar-refractivity contribution in [2.45, 2.75) is 31.8 Å². The molecule has 0 bridgehead atoms. The highest BCUT2D eigenvalue weighted by atomic mass is 15.3. The van der Waals surface area contributed by atoms with E-state index in [1.165, 1.54) is 5.69 Å². The van der Waals surface area contributed by atoms with E-state index >= 15 is 0 Å². The maximum Gasteiger partial charge on any atom is 0.163 e. The molecule has 1 atom stereocenters. The molecule has 1 fully saturated rings. The van der Waals surface area contributed by atoms with Gasteiger partial charge in [-0.25, -0.2) is 14.6 Å². The van der Waals surface area contributed by atoms with Crippen LogP contribution in [-0.4, -0.2) is 31.3 Å². The summed E-state index contributed by atoms with van der Waals surface area (Å²) in [5.41, 5.74) is 2.01. The number of nitrogens with one attached hydrogen (secondary N) is 1. The summed E-state index contributed by atoms with van der Waals surface area (Å²) in [6.45, 7) is 1.52. The third kappa shape index (κ3) is 2.32. The summed E-state index contributed by atoms with van der Waals surface area (Å²) in [4.78, 5) is 14.5. The number of nitrogens with zero attached hydrogens (tertiary/aromatic N) is 6. The van der Waals surface area contributed by atoms with Crippen LogP contribution in [0.15, 0.2) is 30.9 Å². The van der Waals surface area contributed by atoms with Crippen LogP contribution in [0.4, 0.5) is 5.82 Å². The molecule has 3 aromatic rings. The van der Waals surface area contributed by atoms with Crippen molar-refractivity contribution in [1.82, 2.24) is 24.7 Å². The van der Waals surface area contributed by atoms with Crippen molar-refractivity contribution in [3.8, 4) is 6.07 Å². The van der Waals surface area contributed by atoms with Crippen LogP contribution in [0.5, 0.6) is 0 Å². The van der Waals surface area contributed by atoms with E-state index in [0.29, 0.717) is 19.0 Å². The average molecular weight is 307 g/mol. The van der Waals surface area contributed by atoms with Gasteiger partial charge in [-0.1, -0.05) is 0 Å². The van der Waals surface area contributed by atoms with Crippen molar-refractivity contribution in [3.63, 3.8) is 0 Å². The van der Waals surface area contributed by atoms with E-state index in [1.807, 2.05) is 18.5 Å². The van der Waals surface area contributed by atoms with E-state index < -0.39 is 0 Å². The summed E-state index contributed by atoms with van der Waals surface area (Å²) < 4.78 is 1.78. The molecule has 4 rings (SSSR count). The zero-order valence-corrected chi connectivity index (χ0v) is 12.7. The van der Waals surface area contributed by atoms with Crippen LogP contribution >= 0.6 is 0 Å². The Morgan fingerprint density at radius 2 is 2.35 bits per heavy atom. The van der Waals surface area contributed by atoms with Gasteiger partial charge in [0, 0.05) is 18.4 Å². The molecule has 23 heavy (non-hydrogen) atoms. The first-order chi connectivity index (χ1) is 11.4. The van der Waals surface area contributed by atoms with Gasteiger partial charge in [0.15, 0.2) is 5.65 Å². The Morgan fingerprint density at radius 1 is 1.39 bits per heavy atom. The third-order valence-corrected chi connectivity index (χ3v) is 4.35. The lowest BCUT2D eigenvalue weighted by atomic mass is 10.1. The summed E-state index contributed by atoms with van der Waals surface area (Å²) in [7, 11) is 0. The second-order valence-corrected chi connectivity index (χ2v) is 5.69. The summed E-state index contributed by atoms with van der Waals surface area (Å²) in [5.74, 6) is 0.926. The molecule has 4 heterocycles. The van der Waals surface area contributed by atoms with Gasteiger partial charge in [-0.15, -0.1) is 0 Å². The van der Waals surface area contributed by atoms with Gasteiger partial charge >= 0.3 is 0 Å². The first kappa shape index (κ1) is 13.8. The van der Waals surface area contributed by atoms with Gasteiger partial charge in [-0.3, -0.25) is 0 Å². The first-order valence-corrected chi connectivity index (χ1v) is 7.82. The van der Waals surface area contributed by atoms with E-state index in [2.05, 4.69) is 37.1 Å². The van der Waals surface area contributed by atoms with Crippen molar-refractivity contribution in [3.05, 3.63) is 36.5 Å². The molecule has 0 unspecified atom stereocenters. The lowest BCUT2D eigenvalue weighted by Crippen LogP contribution is -2.24. The minimum atomic E-state index is 0.311. The smallest absolute Gasteiger partial charge is 0.163 e. The Morgan fingerprint density at radius 3 is 3.17 bits per heavy atom. The molecule has 3 aromatic heterocycles. The summed E-state index contributed by atoms with van der Waals surface area (Å²) >= 11 is 0. The van der Waals surface area contributed by atoms with Crippen LogP contribution in [0, 0.1) is 11.3 Å². The second kappa shape index (κ2) is 5.72. The summed E-state index contributed by atoms with van der Waals surface area (Å²) in [5, 5.41) is 14.1. The van der Waals surface area contributed by atoms with Gasteiger partial charge in [-0.2, -0.15) is 10.4 Å². The Bertz CT molecular complexity index is 843. The zero-order chi connectivity index (χ0) is 15.6. The molecule has 7 heteroatoms. The van der Waals surface area contributed by atoms with Gasteiger partial charge in [0.2, 0.25) is 0 Å². The number of aryl methyl sites for hydroxylation is 1. The van der Waals surface area contributed by atoms with Crippen molar-refractivity contribution in [1.29, 1.82) is 5.26 Å². The molecular weight excluding hydrogens is 290 g/mol. The Labute approximate surface area is 133 Å². The highest BCUT2D eigenvalue weighted by Crippen LogP contribution is 2.36. The Balaban J connectivity index is 1.74. The maximum atomic E-state index is 8.77. The fourth-order valence-electron chi connectivity index (χ4n) is 3.32. The van der Waals surface area contributed by atoms with Crippen LogP contribution in [0.2, 0.25) is 0 Å². The van der Waals surface area contributed by atoms with E-state index in [9.17, 15) is 0 Å². The number of rotatable bonds is 4. The van der Waals surface area contributed by atoms with Crippen LogP contribution in [0.3, 0.4) is 0 Å². The van der Waals surface area contributed by atoms with Crippen LogP contribution < -0.4 is 4.90 Å². The lowest BCUT2D eigenvalue weighted by molar-refractivity contribution is 0.642. The predicted molar refractivity (Wildman–Crippen MR) is 85.7 cm³/mol. The largest absolute Gasteiger partial charge is 0.363 e. The fraction of sp³-hybridized carbons (Fsp3) is 0.375. The first-order valence-electron chi connectivity index (χ1n) is 7.82. The molecule has 1 aliphatic rings. The van der Waals surface area contributed by atoms with Crippen LogP contribution in [0.1, 0.15) is 31.0 Å². The van der Waals surface area contributed by atoms with Crippen molar-refractivity contribution >= 4 is 16.9 Å². The maximum absolute atomic E-state index is 8.77. The highest BCUT2D eigenvalue weighted by molar-refractivity contribution is 5.87. The van der Waals surface area contributed by atoms with Gasteiger partial charge < -0.3 is 9.88 Å². The van der Waals surface area contributed by atoms with Gasteiger partial charge in [-0.05, 0) is 25.0 Å². The van der Waals surface area contributed by atoms with Crippen molar-refractivity contribution in [2.24, 2.45) is 0 Å². The molecule has 0 saturated carbocycles. The Hall–Kier alpha value is -2.88. The Kier molecular flexibility index (Phi) is 3.42. The molecule has 7 nitrogen and oxygen atoms in total. The van der Waals surface area contributed by atoms with Crippen molar-refractivity contribution in [2.75, 3.05) is 11.4 Å². The molecule has 0 aliphatic carbocycles. The molecule has 1 N–H and O–H groups in total. The number of anilines is 1. The standard InChI is InChI=1S/C16H17N7/c17-6-3-9-23-16-12(10-21-23)15(19-11-20-16)22-8-2-5-14(22)13-4-1-7-18-13/h1,4,7,10-11,14,18H,2-3,5,8-9H2/t14-/m0/s1. The summed E-state index contributed by atoms with van der Waals surface area (Å²) in [6.07, 6.45) is 8.02. The monoisotopic (exact) mass is 307 g/mol. The van der Waals surface area contributed by atoms with Crippen LogP contribution in [-0.2, 0) is 6.54 Å². The van der Waals surface area contributed by atoms with E-state index in [-0.39, 0.29) is 0 Å². The number of fused-ring (bicyclic) bond motifs is 1. The lowest BCUT2D eigenvalue weighted by Gasteiger charge is -2.25. The number of H-pyrrole nitrogens is 1. The van der Waals surface area contributed by atoms with E-state index in [0.717, 1.165) is 36.2 Å². The number of hydrogen-bond donors (Lipinski definition) is 1. The van der Waals surface area contributed by atoms with Crippen LogP contribution in [0.25, 0.3) is 11.0 Å². The molecule has 1 aliphatic heterocycles. The summed E-state index contributed by atoms with van der Waals surface area (Å²) in [6, 6.07) is 6.61. The van der Waals surface area contributed by atoms with Gasteiger partial charge in [0.25, 0.3) is 0 Å². The molecule has 0 spiro atoms. The average Bonchev–Trinajstić information content (AvgIpc) is 3.31. The highest BCUT2D eigenvalue weighted by Gasteiger charge is 2.29. The van der Waals surface area contributed by atoms with E-state index in [1.54, 1.807) is 11.0 Å². The minimum absolute atomic E-state index is 0.311. The third-order valence-electron chi connectivity index (χ3n) is 4.35. The number of hydrogen-bond acceptors (Lipinski definition) is 5. The molecule has 1 saturated heterocycles. The predicted octanol–water partition coefficient (Wildman–Crippen LogP) is 2.41. The van der Waals surface area contributed by atoms with Gasteiger partial charge in [0.05, 0.1) is 36.7 Å². The zero-order valence-electron chi connectivity index (χ0n) is 12.7. The second-order valence-electron chi connectivity index (χ2n) is 5.69. The molecule has 0 radical (unpaired) electrons. The SMILES string of the molecule is N#CCCn1ncc2c(N3CCC[C@H]3c3ccc[nH]3)ncnc21. The quantitative estimate of drug-likeness (QED) is 0.800. The minimum Gasteiger partial charge on any atom is -0.363 e. The number of aromatic amines is 1. The van der Waals surface area contributed by atoms with Crippen molar-refractivity contribution < 1.29 is 0 Å². The topological polar surface area (TPSA) is 86.4 Å². The molecule has 0 amide bonds. The fourth-order valence-corrected chi connectivity index (χ4v) is 3.32. The molecule has 0 aromatic carbocycles.